The third-order valence-electron chi connectivity index (χ3n) is 6.51. The Morgan fingerprint density at radius 2 is 1.81 bits per heavy atom. The van der Waals surface area contributed by atoms with Crippen LogP contribution in [0.1, 0.15) is 46.5 Å². The van der Waals surface area contributed by atoms with Gasteiger partial charge in [0, 0.05) is 19.2 Å². The van der Waals surface area contributed by atoms with Gasteiger partial charge in [0.15, 0.2) is 10.7 Å². The molecule has 1 aliphatic heterocycles. The zero-order valence-electron chi connectivity index (χ0n) is 21.1. The quantitative estimate of drug-likeness (QED) is 0.462. The lowest BCUT2D eigenvalue weighted by Gasteiger charge is -2.31. The zero-order chi connectivity index (χ0) is 26.9. The second kappa shape index (κ2) is 10.5. The van der Waals surface area contributed by atoms with E-state index < -0.39 is 33.5 Å². The van der Waals surface area contributed by atoms with Crippen molar-refractivity contribution >= 4 is 33.8 Å². The molecule has 0 saturated carbocycles. The third-order valence-corrected chi connectivity index (χ3v) is 8.54. The van der Waals surface area contributed by atoms with Gasteiger partial charge in [0.05, 0.1) is 11.6 Å². The number of rotatable bonds is 6. The van der Waals surface area contributed by atoms with Gasteiger partial charge >= 0.3 is 0 Å². The Balaban J connectivity index is 1.57. The molecule has 0 aliphatic carbocycles. The van der Waals surface area contributed by atoms with Gasteiger partial charge in [-0.3, -0.25) is 4.79 Å². The number of aromatic nitrogens is 1. The predicted octanol–water partition coefficient (Wildman–Crippen LogP) is 5.40. The minimum atomic E-state index is -4.05. The van der Waals surface area contributed by atoms with Crippen molar-refractivity contribution < 1.29 is 26.5 Å². The van der Waals surface area contributed by atoms with E-state index in [4.69, 9.17) is 4.52 Å². The third kappa shape index (κ3) is 5.65. The molecule has 1 amide bonds. The maximum absolute atomic E-state index is 14.0. The normalized spacial score (nSPS) is 16.9. The van der Waals surface area contributed by atoms with Crippen molar-refractivity contribution in [3.05, 3.63) is 75.7 Å². The van der Waals surface area contributed by atoms with Crippen LogP contribution in [0, 0.1) is 45.2 Å². The Labute approximate surface area is 215 Å². The highest BCUT2D eigenvalue weighted by Gasteiger charge is 2.37. The molecule has 3 aromatic rings. The first-order valence-corrected chi connectivity index (χ1v) is 13.4. The van der Waals surface area contributed by atoms with Crippen molar-refractivity contribution in [3.8, 4) is 0 Å². The van der Waals surface area contributed by atoms with E-state index in [-0.39, 0.29) is 35.1 Å². The summed E-state index contributed by atoms with van der Waals surface area (Å²) >= 11 is 0. The molecule has 1 saturated heterocycles. The maximum atomic E-state index is 14.0. The van der Waals surface area contributed by atoms with Crippen molar-refractivity contribution in [2.75, 3.05) is 18.4 Å². The zero-order valence-corrected chi connectivity index (χ0v) is 22.0. The first-order valence-electron chi connectivity index (χ1n) is 12.0. The molecule has 2 aromatic carbocycles. The van der Waals surface area contributed by atoms with Crippen molar-refractivity contribution in [2.24, 2.45) is 5.92 Å². The standard InChI is InChI=1S/C27H29F2N3O4S/c1-16-12-17(2)22(18(3)13-16)8-10-25-26(19(4)31-36-25)37(34,35)32-11-5-6-20(15-32)27(33)30-24-14-21(28)7-9-23(24)29/h7-10,12-14,20H,5-6,11,15H2,1-4H3,(H,30,33). The summed E-state index contributed by atoms with van der Waals surface area (Å²) in [4.78, 5) is 12.8. The largest absolute Gasteiger partial charge is 0.355 e. The summed E-state index contributed by atoms with van der Waals surface area (Å²) < 4.78 is 61.4. The van der Waals surface area contributed by atoms with Crippen LogP contribution in [-0.4, -0.2) is 36.9 Å². The molecule has 10 heteroatoms. The van der Waals surface area contributed by atoms with Gasteiger partial charge in [-0.25, -0.2) is 17.2 Å². The van der Waals surface area contributed by atoms with Crippen LogP contribution >= 0.6 is 0 Å². The van der Waals surface area contributed by atoms with Gasteiger partial charge < -0.3 is 9.84 Å². The molecular formula is C27H29F2N3O4S. The van der Waals surface area contributed by atoms with Gasteiger partial charge in [-0.15, -0.1) is 0 Å². The topological polar surface area (TPSA) is 92.5 Å². The monoisotopic (exact) mass is 529 g/mol. The van der Waals surface area contributed by atoms with Crippen LogP contribution in [0.3, 0.4) is 0 Å². The molecule has 2 heterocycles. The number of nitrogens with one attached hydrogen (secondary N) is 1. The highest BCUT2D eigenvalue weighted by molar-refractivity contribution is 7.89. The van der Waals surface area contributed by atoms with Gasteiger partial charge in [-0.2, -0.15) is 4.31 Å². The molecule has 1 N–H and O–H groups in total. The van der Waals surface area contributed by atoms with Crippen LogP contribution in [0.2, 0.25) is 0 Å². The number of benzene rings is 2. The fourth-order valence-corrected chi connectivity index (χ4v) is 6.52. The Bertz CT molecular complexity index is 1460. The molecule has 0 spiro atoms. The lowest BCUT2D eigenvalue weighted by molar-refractivity contribution is -0.120. The molecule has 196 valence electrons. The molecule has 4 rings (SSSR count). The Morgan fingerprint density at radius 3 is 2.51 bits per heavy atom. The summed E-state index contributed by atoms with van der Waals surface area (Å²) in [6.45, 7) is 7.64. The molecule has 37 heavy (non-hydrogen) atoms. The van der Waals surface area contributed by atoms with Crippen LogP contribution in [-0.2, 0) is 14.8 Å². The number of piperidine rings is 1. The van der Waals surface area contributed by atoms with Gasteiger partial charge in [0.1, 0.15) is 17.3 Å². The lowest BCUT2D eigenvalue weighted by atomic mass is 9.98. The summed E-state index contributed by atoms with van der Waals surface area (Å²) in [5.74, 6) is -2.67. The highest BCUT2D eigenvalue weighted by Crippen LogP contribution is 2.30. The number of halogens is 2. The summed E-state index contributed by atoms with van der Waals surface area (Å²) in [7, 11) is -4.05. The second-order valence-electron chi connectivity index (χ2n) is 9.42. The first kappa shape index (κ1) is 26.7. The van der Waals surface area contributed by atoms with Crippen LogP contribution in [0.5, 0.6) is 0 Å². The predicted molar refractivity (Wildman–Crippen MR) is 137 cm³/mol. The van der Waals surface area contributed by atoms with E-state index in [9.17, 15) is 22.0 Å². The fourth-order valence-electron chi connectivity index (χ4n) is 4.74. The Kier molecular flexibility index (Phi) is 7.61. The molecule has 0 radical (unpaired) electrons. The van der Waals surface area contributed by atoms with Gasteiger partial charge in [-0.1, -0.05) is 28.9 Å². The second-order valence-corrected chi connectivity index (χ2v) is 11.3. The summed E-state index contributed by atoms with van der Waals surface area (Å²) in [6, 6.07) is 6.86. The van der Waals surface area contributed by atoms with Gasteiger partial charge in [0.2, 0.25) is 15.9 Å². The summed E-state index contributed by atoms with van der Waals surface area (Å²) in [6.07, 6.45) is 4.25. The molecule has 1 aromatic heterocycles. The SMILES string of the molecule is Cc1cc(C)c(C=Cc2onc(C)c2S(=O)(=O)N2CCCC(C(=O)Nc3cc(F)ccc3F)C2)c(C)c1. The number of amides is 1. The molecule has 1 unspecified atom stereocenters. The summed E-state index contributed by atoms with van der Waals surface area (Å²) in [5.41, 5.74) is 4.12. The van der Waals surface area contributed by atoms with Crippen LogP contribution in [0.25, 0.3) is 12.2 Å². The number of hydrogen-bond acceptors (Lipinski definition) is 5. The molecule has 1 fully saturated rings. The number of carbonyl (C=O) groups excluding carboxylic acids is 1. The average molecular weight is 530 g/mol. The minimum Gasteiger partial charge on any atom is -0.355 e. The van der Waals surface area contributed by atoms with Gasteiger partial charge in [0.25, 0.3) is 0 Å². The summed E-state index contributed by atoms with van der Waals surface area (Å²) in [5, 5.41) is 6.27. The van der Waals surface area contributed by atoms with E-state index in [1.54, 1.807) is 13.0 Å². The maximum Gasteiger partial charge on any atom is 0.248 e. The van der Waals surface area contributed by atoms with E-state index in [0.717, 1.165) is 40.5 Å². The average Bonchev–Trinajstić information content (AvgIpc) is 3.21. The first-order chi connectivity index (χ1) is 17.5. The molecule has 7 nitrogen and oxygen atoms in total. The molecule has 1 atom stereocenters. The Hall–Kier alpha value is -3.37. The van der Waals surface area contributed by atoms with Crippen LogP contribution in [0.15, 0.2) is 39.8 Å². The smallest absolute Gasteiger partial charge is 0.248 e. The lowest BCUT2D eigenvalue weighted by Crippen LogP contribution is -2.44. The van der Waals surface area contributed by atoms with Crippen molar-refractivity contribution in [1.29, 1.82) is 0 Å². The fraction of sp³-hybridized carbons (Fsp3) is 0.333. The Morgan fingerprint density at radius 1 is 1.11 bits per heavy atom. The number of sulfonamides is 1. The number of hydrogen-bond donors (Lipinski definition) is 1. The van der Waals surface area contributed by atoms with E-state index in [1.165, 1.54) is 4.31 Å². The van der Waals surface area contributed by atoms with E-state index in [0.29, 0.717) is 12.8 Å². The number of anilines is 1. The van der Waals surface area contributed by atoms with Crippen LogP contribution in [0.4, 0.5) is 14.5 Å². The van der Waals surface area contributed by atoms with Crippen molar-refractivity contribution in [3.63, 3.8) is 0 Å². The number of aryl methyl sites for hydroxylation is 4. The van der Waals surface area contributed by atoms with Gasteiger partial charge in [-0.05, 0) is 75.4 Å². The number of carbonyl (C=O) groups is 1. The van der Waals surface area contributed by atoms with Crippen molar-refractivity contribution in [2.45, 2.75) is 45.4 Å². The minimum absolute atomic E-state index is 0.0524. The molecular weight excluding hydrogens is 500 g/mol. The van der Waals surface area contributed by atoms with E-state index in [1.807, 2.05) is 39.0 Å². The van der Waals surface area contributed by atoms with E-state index >= 15 is 0 Å². The van der Waals surface area contributed by atoms with Crippen LogP contribution < -0.4 is 5.32 Å². The molecule has 0 bridgehead atoms. The molecule has 1 aliphatic rings. The number of nitrogens with zero attached hydrogens (tertiary/aromatic N) is 2. The van der Waals surface area contributed by atoms with Crippen molar-refractivity contribution in [1.82, 2.24) is 9.46 Å². The highest BCUT2D eigenvalue weighted by atomic mass is 32.2. The van der Waals surface area contributed by atoms with E-state index in [2.05, 4.69) is 10.5 Å².